The molecule has 1 fully saturated rings. The normalized spacial score (nSPS) is 16.7. The highest BCUT2D eigenvalue weighted by Gasteiger charge is 2.15. The van der Waals surface area contributed by atoms with Crippen LogP contribution >= 0.6 is 15.9 Å². The second-order valence-corrected chi connectivity index (χ2v) is 4.83. The summed E-state index contributed by atoms with van der Waals surface area (Å²) in [7, 11) is 1.70. The first-order valence-electron chi connectivity index (χ1n) is 5.39. The molecule has 0 amide bonds. The van der Waals surface area contributed by atoms with Crippen LogP contribution in [0.1, 0.15) is 25.7 Å². The number of nitrogens with one attached hydrogen (secondary N) is 1. The minimum Gasteiger partial charge on any atom is -0.497 e. The van der Waals surface area contributed by atoms with Crippen molar-refractivity contribution in [2.75, 3.05) is 12.4 Å². The molecule has 2 nitrogen and oxygen atoms in total. The van der Waals surface area contributed by atoms with Crippen molar-refractivity contribution in [1.29, 1.82) is 0 Å². The Labute approximate surface area is 99.1 Å². The summed E-state index contributed by atoms with van der Waals surface area (Å²) in [6.07, 6.45) is 5.26. The highest BCUT2D eigenvalue weighted by atomic mass is 79.9. The Kier molecular flexibility index (Phi) is 3.52. The number of methoxy groups -OCH3 is 1. The number of hydrogen-bond donors (Lipinski definition) is 1. The van der Waals surface area contributed by atoms with Gasteiger partial charge in [-0.05, 0) is 40.9 Å². The van der Waals surface area contributed by atoms with Gasteiger partial charge in [0, 0.05) is 16.6 Å². The van der Waals surface area contributed by atoms with Crippen molar-refractivity contribution >= 4 is 21.6 Å². The van der Waals surface area contributed by atoms with E-state index in [0.29, 0.717) is 6.04 Å². The van der Waals surface area contributed by atoms with E-state index in [1.807, 2.05) is 18.2 Å². The third kappa shape index (κ3) is 2.65. The molecule has 2 rings (SSSR count). The van der Waals surface area contributed by atoms with Crippen LogP contribution in [0.5, 0.6) is 5.75 Å². The minimum absolute atomic E-state index is 0.633. The summed E-state index contributed by atoms with van der Waals surface area (Å²) in [4.78, 5) is 0. The van der Waals surface area contributed by atoms with Crippen molar-refractivity contribution in [3.8, 4) is 5.75 Å². The lowest BCUT2D eigenvalue weighted by molar-refractivity contribution is 0.415. The minimum atomic E-state index is 0.633. The molecule has 0 radical (unpaired) electrons. The molecule has 0 atom stereocenters. The predicted octanol–water partition coefficient (Wildman–Crippen LogP) is 3.81. The van der Waals surface area contributed by atoms with Crippen LogP contribution in [0.4, 0.5) is 5.69 Å². The Hall–Kier alpha value is -0.700. The van der Waals surface area contributed by atoms with Crippen LogP contribution in [0, 0.1) is 0 Å². The molecule has 0 saturated heterocycles. The number of rotatable bonds is 3. The van der Waals surface area contributed by atoms with Crippen molar-refractivity contribution in [2.24, 2.45) is 0 Å². The van der Waals surface area contributed by atoms with E-state index in [1.54, 1.807) is 7.11 Å². The molecule has 1 aliphatic carbocycles. The SMILES string of the molecule is COc1ccc(Br)c(NC2CCCC2)c1. The van der Waals surface area contributed by atoms with Crippen LogP contribution in [0.25, 0.3) is 0 Å². The lowest BCUT2D eigenvalue weighted by Crippen LogP contribution is -2.14. The summed E-state index contributed by atoms with van der Waals surface area (Å²) in [6, 6.07) is 6.66. The van der Waals surface area contributed by atoms with Crippen molar-refractivity contribution < 1.29 is 4.74 Å². The summed E-state index contributed by atoms with van der Waals surface area (Å²) in [6.45, 7) is 0. The van der Waals surface area contributed by atoms with Gasteiger partial charge in [0.25, 0.3) is 0 Å². The molecule has 0 bridgehead atoms. The van der Waals surface area contributed by atoms with Crippen LogP contribution in [-0.2, 0) is 0 Å². The molecule has 1 aliphatic rings. The lowest BCUT2D eigenvalue weighted by atomic mass is 10.2. The first-order chi connectivity index (χ1) is 7.29. The molecule has 0 heterocycles. The van der Waals surface area contributed by atoms with Gasteiger partial charge >= 0.3 is 0 Å². The van der Waals surface area contributed by atoms with E-state index in [0.717, 1.165) is 15.9 Å². The van der Waals surface area contributed by atoms with Gasteiger partial charge in [-0.2, -0.15) is 0 Å². The van der Waals surface area contributed by atoms with Crippen LogP contribution in [-0.4, -0.2) is 13.2 Å². The average molecular weight is 270 g/mol. The monoisotopic (exact) mass is 269 g/mol. The lowest BCUT2D eigenvalue weighted by Gasteiger charge is -2.15. The second kappa shape index (κ2) is 4.88. The molecule has 1 N–H and O–H groups in total. The zero-order valence-electron chi connectivity index (χ0n) is 8.92. The third-order valence-electron chi connectivity index (χ3n) is 2.89. The van der Waals surface area contributed by atoms with Crippen molar-refractivity contribution in [3.05, 3.63) is 22.7 Å². The van der Waals surface area contributed by atoms with E-state index >= 15 is 0 Å². The van der Waals surface area contributed by atoms with E-state index < -0.39 is 0 Å². The van der Waals surface area contributed by atoms with Crippen LogP contribution in [0.3, 0.4) is 0 Å². The van der Waals surface area contributed by atoms with Crippen molar-refractivity contribution in [1.82, 2.24) is 0 Å². The Bertz CT molecular complexity index is 334. The first kappa shape index (κ1) is 10.8. The maximum Gasteiger partial charge on any atom is 0.121 e. The fourth-order valence-corrected chi connectivity index (χ4v) is 2.39. The van der Waals surface area contributed by atoms with Gasteiger partial charge < -0.3 is 10.1 Å². The van der Waals surface area contributed by atoms with Crippen LogP contribution in [0.2, 0.25) is 0 Å². The Morgan fingerprint density at radius 1 is 1.33 bits per heavy atom. The molecular formula is C12H16BrNO. The quantitative estimate of drug-likeness (QED) is 0.901. The molecule has 1 aromatic carbocycles. The van der Waals surface area contributed by atoms with Crippen molar-refractivity contribution in [2.45, 2.75) is 31.7 Å². The first-order valence-corrected chi connectivity index (χ1v) is 6.19. The maximum atomic E-state index is 5.21. The zero-order chi connectivity index (χ0) is 10.7. The Morgan fingerprint density at radius 2 is 2.07 bits per heavy atom. The largest absolute Gasteiger partial charge is 0.497 e. The van der Waals surface area contributed by atoms with E-state index in [2.05, 4.69) is 21.2 Å². The highest BCUT2D eigenvalue weighted by Crippen LogP contribution is 2.30. The smallest absolute Gasteiger partial charge is 0.121 e. The predicted molar refractivity (Wildman–Crippen MR) is 66.6 cm³/mol. The summed E-state index contributed by atoms with van der Waals surface area (Å²) in [5, 5.41) is 3.56. The summed E-state index contributed by atoms with van der Waals surface area (Å²) < 4.78 is 6.32. The fraction of sp³-hybridized carbons (Fsp3) is 0.500. The molecule has 0 spiro atoms. The molecule has 82 valence electrons. The molecule has 0 unspecified atom stereocenters. The van der Waals surface area contributed by atoms with E-state index in [-0.39, 0.29) is 0 Å². The van der Waals surface area contributed by atoms with E-state index in [9.17, 15) is 0 Å². The van der Waals surface area contributed by atoms with Gasteiger partial charge in [0.2, 0.25) is 0 Å². The summed E-state index contributed by atoms with van der Waals surface area (Å²) >= 11 is 3.55. The van der Waals surface area contributed by atoms with Gasteiger partial charge in [0.05, 0.1) is 12.8 Å². The molecule has 15 heavy (non-hydrogen) atoms. The van der Waals surface area contributed by atoms with Gasteiger partial charge in [-0.25, -0.2) is 0 Å². The fourth-order valence-electron chi connectivity index (χ4n) is 2.03. The molecule has 1 saturated carbocycles. The van der Waals surface area contributed by atoms with Crippen molar-refractivity contribution in [3.63, 3.8) is 0 Å². The summed E-state index contributed by atoms with van der Waals surface area (Å²) in [5.74, 6) is 0.902. The number of benzene rings is 1. The van der Waals surface area contributed by atoms with Gasteiger partial charge in [-0.3, -0.25) is 0 Å². The van der Waals surface area contributed by atoms with Gasteiger partial charge in [-0.15, -0.1) is 0 Å². The molecule has 3 heteroatoms. The molecule has 0 aliphatic heterocycles. The third-order valence-corrected chi connectivity index (χ3v) is 3.58. The number of anilines is 1. The summed E-state index contributed by atoms with van der Waals surface area (Å²) in [5.41, 5.74) is 1.14. The number of halogens is 1. The highest BCUT2D eigenvalue weighted by molar-refractivity contribution is 9.10. The van der Waals surface area contributed by atoms with Crippen LogP contribution < -0.4 is 10.1 Å². The zero-order valence-corrected chi connectivity index (χ0v) is 10.5. The molecule has 1 aromatic rings. The number of ether oxygens (including phenoxy) is 1. The Balaban J connectivity index is 2.11. The number of hydrogen-bond acceptors (Lipinski definition) is 2. The standard InChI is InChI=1S/C12H16BrNO/c1-15-10-6-7-11(13)12(8-10)14-9-4-2-3-5-9/h6-9,14H,2-5H2,1H3. The average Bonchev–Trinajstić information content (AvgIpc) is 2.74. The van der Waals surface area contributed by atoms with E-state index in [4.69, 9.17) is 4.74 Å². The molecular weight excluding hydrogens is 254 g/mol. The Morgan fingerprint density at radius 3 is 2.73 bits per heavy atom. The van der Waals surface area contributed by atoms with Gasteiger partial charge in [0.15, 0.2) is 0 Å². The van der Waals surface area contributed by atoms with Gasteiger partial charge in [0.1, 0.15) is 5.75 Å². The van der Waals surface area contributed by atoms with E-state index in [1.165, 1.54) is 25.7 Å². The van der Waals surface area contributed by atoms with Crippen LogP contribution in [0.15, 0.2) is 22.7 Å². The maximum absolute atomic E-state index is 5.21. The second-order valence-electron chi connectivity index (χ2n) is 3.97. The topological polar surface area (TPSA) is 21.3 Å². The van der Waals surface area contributed by atoms with Gasteiger partial charge in [-0.1, -0.05) is 12.8 Å². The molecule has 0 aromatic heterocycles.